The van der Waals surface area contributed by atoms with E-state index >= 15 is 0 Å². The normalized spacial score (nSPS) is 17.0. The van der Waals surface area contributed by atoms with Crippen molar-refractivity contribution in [2.24, 2.45) is 11.7 Å². The molecule has 0 saturated carbocycles. The van der Waals surface area contributed by atoms with Crippen LogP contribution in [0.25, 0.3) is 0 Å². The van der Waals surface area contributed by atoms with E-state index in [4.69, 9.17) is 11.1 Å². The molecule has 2 aliphatic heterocycles. The Morgan fingerprint density at radius 2 is 1.72 bits per heavy atom. The summed E-state index contributed by atoms with van der Waals surface area (Å²) >= 11 is 1.52. The molecule has 5 N–H and O–H groups in total. The van der Waals surface area contributed by atoms with Crippen molar-refractivity contribution in [1.82, 2.24) is 25.3 Å². The van der Waals surface area contributed by atoms with Crippen LogP contribution < -0.4 is 16.4 Å². The lowest BCUT2D eigenvalue weighted by Crippen LogP contribution is -2.51. The van der Waals surface area contributed by atoms with E-state index < -0.39 is 6.04 Å². The van der Waals surface area contributed by atoms with E-state index in [1.165, 1.54) is 22.2 Å². The average molecular weight is 664 g/mol. The molecule has 3 unspecified atom stereocenters. The van der Waals surface area contributed by atoms with Crippen molar-refractivity contribution in [1.29, 1.82) is 5.41 Å². The number of thioether (sulfide) groups is 1. The number of likely N-dealkylation sites (tertiary alicyclic amines) is 1. The minimum atomic E-state index is -0.679. The van der Waals surface area contributed by atoms with Gasteiger partial charge < -0.3 is 35.9 Å². The summed E-state index contributed by atoms with van der Waals surface area (Å²) in [5.74, 6) is 0.534. The highest BCUT2D eigenvalue weighted by molar-refractivity contribution is 8.03. The largest absolute Gasteiger partial charge is 0.372 e. The number of ketones is 1. The third-order valence-corrected chi connectivity index (χ3v) is 9.50. The summed E-state index contributed by atoms with van der Waals surface area (Å²) in [7, 11) is 1.84. The highest BCUT2D eigenvalue weighted by atomic mass is 32.2. The Kier molecular flexibility index (Phi) is 16.0. The number of benzene rings is 2. The Morgan fingerprint density at radius 1 is 1.09 bits per heavy atom. The van der Waals surface area contributed by atoms with E-state index in [0.717, 1.165) is 44.3 Å². The van der Waals surface area contributed by atoms with Crippen LogP contribution in [0, 0.1) is 11.3 Å². The number of nitrogens with one attached hydrogen (secondary N) is 3. The Hall–Kier alpha value is -4.16. The van der Waals surface area contributed by atoms with Crippen molar-refractivity contribution < 1.29 is 19.2 Å². The Morgan fingerprint density at radius 3 is 2.23 bits per heavy atom. The van der Waals surface area contributed by atoms with Gasteiger partial charge in [0.25, 0.3) is 0 Å². The maximum atomic E-state index is 13.2. The second-order valence-electron chi connectivity index (χ2n) is 11.5. The highest BCUT2D eigenvalue weighted by Crippen LogP contribution is 2.25. The van der Waals surface area contributed by atoms with Crippen LogP contribution >= 0.6 is 11.8 Å². The van der Waals surface area contributed by atoms with Gasteiger partial charge in [0.1, 0.15) is 17.7 Å². The van der Waals surface area contributed by atoms with Crippen LogP contribution in [0.3, 0.4) is 0 Å². The number of hydrogen-bond acceptors (Lipinski definition) is 8. The number of carbonyl (C=O) groups excluding carboxylic acids is 4. The van der Waals surface area contributed by atoms with Crippen molar-refractivity contribution in [2.75, 3.05) is 39.8 Å². The number of hydrogen-bond donors (Lipinski definition) is 4. The summed E-state index contributed by atoms with van der Waals surface area (Å²) in [6.07, 6.45) is 6.97. The van der Waals surface area contributed by atoms with Crippen LogP contribution in [0.5, 0.6) is 0 Å². The lowest BCUT2D eigenvalue weighted by Gasteiger charge is -2.36. The van der Waals surface area contributed by atoms with Gasteiger partial charge in [-0.15, -0.1) is 0 Å². The number of carbonyl (C=O) groups is 4. The molecule has 0 spiro atoms. The fourth-order valence-electron chi connectivity index (χ4n) is 5.95. The highest BCUT2D eigenvalue weighted by Gasteiger charge is 2.35. The van der Waals surface area contributed by atoms with E-state index in [1.54, 1.807) is 4.90 Å². The molecule has 0 bridgehead atoms. The van der Waals surface area contributed by atoms with Crippen molar-refractivity contribution in [3.8, 4) is 0 Å². The van der Waals surface area contributed by atoms with Gasteiger partial charge in [-0.3, -0.25) is 19.8 Å². The van der Waals surface area contributed by atoms with Crippen LogP contribution in [0.1, 0.15) is 37.3 Å². The van der Waals surface area contributed by atoms with E-state index in [1.807, 2.05) is 79.0 Å². The zero-order chi connectivity index (χ0) is 34.0. The molecular weight excluding hydrogens is 614 g/mol. The van der Waals surface area contributed by atoms with Gasteiger partial charge in [0, 0.05) is 38.8 Å². The molecule has 254 valence electrons. The Bertz CT molecular complexity index is 1300. The van der Waals surface area contributed by atoms with Gasteiger partial charge in [0.05, 0.1) is 12.6 Å². The minimum absolute atomic E-state index is 0.0890. The van der Waals surface area contributed by atoms with Gasteiger partial charge in [-0.25, -0.2) is 0 Å². The van der Waals surface area contributed by atoms with Crippen LogP contribution in [0.2, 0.25) is 0 Å². The van der Waals surface area contributed by atoms with E-state index in [-0.39, 0.29) is 35.6 Å². The molecule has 3 atom stereocenters. The smallest absolute Gasteiger partial charge is 0.245 e. The monoisotopic (exact) mass is 663 g/mol. The van der Waals surface area contributed by atoms with Crippen molar-refractivity contribution in [3.05, 3.63) is 83.4 Å². The number of rotatable bonds is 16. The molecule has 1 fully saturated rings. The summed E-state index contributed by atoms with van der Waals surface area (Å²) in [4.78, 5) is 53.1. The first-order valence-corrected chi connectivity index (χ1v) is 17.1. The van der Waals surface area contributed by atoms with Crippen LogP contribution in [-0.4, -0.2) is 102 Å². The second kappa shape index (κ2) is 20.2. The number of aldehydes is 1. The van der Waals surface area contributed by atoms with Crippen molar-refractivity contribution in [3.63, 3.8) is 0 Å². The van der Waals surface area contributed by atoms with Crippen molar-refractivity contribution in [2.45, 2.75) is 56.5 Å². The number of Topliss-reactive ketones (excluding diaryl/α,β-unsaturated/α-hetero) is 1. The summed E-state index contributed by atoms with van der Waals surface area (Å²) in [5, 5.41) is 15.4. The fraction of sp³-hybridized carbons (Fsp3) is 0.457. The molecule has 4 rings (SSSR count). The molecule has 2 amide bonds. The molecular formula is C35H49N7O4S. The summed E-state index contributed by atoms with van der Waals surface area (Å²) in [5.41, 5.74) is 7.68. The van der Waals surface area contributed by atoms with Gasteiger partial charge in [-0.05, 0) is 62.1 Å². The quantitative estimate of drug-likeness (QED) is 0.121. The molecule has 2 aromatic rings. The molecule has 11 nitrogen and oxygen atoms in total. The van der Waals surface area contributed by atoms with Gasteiger partial charge in [0.15, 0.2) is 11.7 Å². The first kappa shape index (κ1) is 37.3. The lowest BCUT2D eigenvalue weighted by molar-refractivity contribution is -0.141. The second-order valence-corrected chi connectivity index (χ2v) is 12.6. The number of likely N-dealkylation sites (N-methyl/N-ethyl adjacent to an activating group) is 2. The van der Waals surface area contributed by atoms with Crippen LogP contribution in [0.4, 0.5) is 0 Å². The zero-order valence-corrected chi connectivity index (χ0v) is 28.2. The number of nitrogens with two attached hydrogens (primary N) is 1. The minimum Gasteiger partial charge on any atom is -0.372 e. The number of aryl methyl sites for hydroxylation is 1. The zero-order valence-electron chi connectivity index (χ0n) is 27.4. The number of piperidine rings is 1. The van der Waals surface area contributed by atoms with Gasteiger partial charge in [-0.2, -0.15) is 0 Å². The SMILES string of the molecule is CCN(CCCc1ccccc1)C(=O)C(Cc1ccccc1)N(C=O)CC=O.CNC(C(=O)C1NC=CS1)C1CCN(C(=N)N)CC1. The molecule has 47 heavy (non-hydrogen) atoms. The molecule has 0 radical (unpaired) electrons. The Balaban J connectivity index is 0.000000274. The van der Waals surface area contributed by atoms with E-state index in [2.05, 4.69) is 22.8 Å². The molecule has 2 heterocycles. The molecule has 12 heteroatoms. The first-order valence-electron chi connectivity index (χ1n) is 16.2. The maximum absolute atomic E-state index is 13.2. The molecule has 0 aliphatic carbocycles. The van der Waals surface area contributed by atoms with Gasteiger partial charge >= 0.3 is 0 Å². The van der Waals surface area contributed by atoms with Gasteiger partial charge in [-0.1, -0.05) is 72.4 Å². The fourth-order valence-corrected chi connectivity index (χ4v) is 6.70. The van der Waals surface area contributed by atoms with Crippen LogP contribution in [0.15, 0.2) is 72.3 Å². The third kappa shape index (κ3) is 11.5. The molecule has 1 saturated heterocycles. The summed E-state index contributed by atoms with van der Waals surface area (Å²) < 4.78 is 0. The number of nitrogens with zero attached hydrogens (tertiary/aromatic N) is 3. The number of guanidine groups is 1. The van der Waals surface area contributed by atoms with Gasteiger partial charge in [0.2, 0.25) is 12.3 Å². The lowest BCUT2D eigenvalue weighted by atomic mass is 9.87. The predicted octanol–water partition coefficient (Wildman–Crippen LogP) is 2.62. The average Bonchev–Trinajstić information content (AvgIpc) is 3.65. The van der Waals surface area contributed by atoms with E-state index in [0.29, 0.717) is 38.1 Å². The maximum Gasteiger partial charge on any atom is 0.245 e. The first-order chi connectivity index (χ1) is 22.8. The molecule has 2 aliphatic rings. The third-order valence-electron chi connectivity index (χ3n) is 8.57. The number of amides is 2. The Labute approximate surface area is 282 Å². The standard InChI is InChI=1S/C23H28N2O3.C12H21N5OS/c1-2-24(15-9-14-20-10-5-3-6-11-20)23(28)22(25(19-27)16-17-26)18-21-12-7-4-8-13-21;1-15-9(10(18)11-16-4-7-19-11)8-2-5-17(6-3-8)12(13)14/h3-8,10-13,17,19,22H,2,9,14-16,18H2,1H3;4,7-9,11,15-16H,2-3,5-6H2,1H3,(H3,13,14). The van der Waals surface area contributed by atoms with Crippen LogP contribution in [-0.2, 0) is 32.0 Å². The summed E-state index contributed by atoms with van der Waals surface area (Å²) in [6, 6.07) is 18.9. The van der Waals surface area contributed by atoms with Crippen molar-refractivity contribution >= 4 is 42.1 Å². The predicted molar refractivity (Wildman–Crippen MR) is 188 cm³/mol. The summed E-state index contributed by atoms with van der Waals surface area (Å²) in [6.45, 7) is 4.54. The molecule has 2 aromatic carbocycles. The van der Waals surface area contributed by atoms with E-state index in [9.17, 15) is 19.2 Å². The topological polar surface area (TPSA) is 152 Å². The molecule has 0 aromatic heterocycles.